The summed E-state index contributed by atoms with van der Waals surface area (Å²) in [5.74, 6) is -0.287. The summed E-state index contributed by atoms with van der Waals surface area (Å²) >= 11 is 0. The van der Waals surface area contributed by atoms with Gasteiger partial charge in [-0.2, -0.15) is 0 Å². The Morgan fingerprint density at radius 1 is 0.708 bits per heavy atom. The van der Waals surface area contributed by atoms with E-state index in [0.29, 0.717) is 17.7 Å². The van der Waals surface area contributed by atoms with Crippen LogP contribution in [0, 0.1) is 0 Å². The van der Waals surface area contributed by atoms with Crippen LogP contribution in [0.15, 0.2) is 35.2 Å². The molecular weight excluding hydrogens is 621 g/mol. The first-order chi connectivity index (χ1) is 23.4. The van der Waals surface area contributed by atoms with Gasteiger partial charge in [0.2, 0.25) is 0 Å². The lowest BCUT2D eigenvalue weighted by atomic mass is 9.96. The number of hydrogen-bond donors (Lipinski definition) is 2. The molecule has 0 aliphatic carbocycles. The number of carbonyl (C=O) groups is 1. The zero-order valence-electron chi connectivity index (χ0n) is 30.6. The third kappa shape index (κ3) is 14.5. The van der Waals surface area contributed by atoms with Gasteiger partial charge in [-0.3, -0.25) is 9.00 Å². The van der Waals surface area contributed by atoms with Crippen LogP contribution in [-0.2, 0) is 25.1 Å². The van der Waals surface area contributed by atoms with Crippen molar-refractivity contribution in [2.45, 2.75) is 221 Å². The van der Waals surface area contributed by atoms with Gasteiger partial charge in [-0.1, -0.05) is 154 Å². The lowest BCUT2D eigenvalue weighted by Gasteiger charge is -2.24. The summed E-state index contributed by atoms with van der Waals surface area (Å²) in [6.45, 7) is 4.15. The fourth-order valence-electron chi connectivity index (χ4n) is 7.74. The maximum atomic E-state index is 13.4. The standard InChI is InChI=1S/C41H70O6S/c1-3-4-5-6-7-14-17-23-28-36(42)38-30-31-39(47-38)37(43)29-24-18-15-12-10-8-9-11-13-16-19-25-32-41(33-34(2)46-40(41)44)48(45)35-26-21-20-22-27-35/h20-22,26-27,34,36-39,42-43H,3-19,23-25,28-33H2,1-2H3/t34-,36+,37+,38+,39+,41?,48?/m0/s1. The number of aliphatic hydroxyl groups excluding tert-OH is 2. The molecule has 7 heteroatoms. The maximum Gasteiger partial charge on any atom is 0.325 e. The second-order valence-electron chi connectivity index (χ2n) is 15.0. The Labute approximate surface area is 296 Å². The highest BCUT2D eigenvalue weighted by Gasteiger charge is 2.52. The van der Waals surface area contributed by atoms with Crippen molar-refractivity contribution in [2.24, 2.45) is 0 Å². The molecule has 0 spiro atoms. The van der Waals surface area contributed by atoms with Gasteiger partial charge in [0.25, 0.3) is 0 Å². The van der Waals surface area contributed by atoms with E-state index < -0.39 is 21.7 Å². The molecule has 0 amide bonds. The van der Waals surface area contributed by atoms with E-state index in [0.717, 1.165) is 64.2 Å². The second-order valence-corrected chi connectivity index (χ2v) is 16.8. The summed E-state index contributed by atoms with van der Waals surface area (Å²) < 4.78 is 24.1. The first-order valence-electron chi connectivity index (χ1n) is 20.1. The van der Waals surface area contributed by atoms with E-state index in [9.17, 15) is 19.2 Å². The minimum Gasteiger partial charge on any atom is -0.461 e. The number of unbranched alkanes of at least 4 members (excludes halogenated alkanes) is 18. The molecule has 6 nitrogen and oxygen atoms in total. The number of cyclic esters (lactones) is 1. The van der Waals surface area contributed by atoms with Crippen molar-refractivity contribution < 1.29 is 28.7 Å². The van der Waals surface area contributed by atoms with Gasteiger partial charge in [0, 0.05) is 11.3 Å². The number of rotatable bonds is 28. The quantitative estimate of drug-likeness (QED) is 0.0672. The first kappa shape index (κ1) is 41.1. The lowest BCUT2D eigenvalue weighted by molar-refractivity contribution is -0.142. The lowest BCUT2D eigenvalue weighted by Crippen LogP contribution is -2.39. The molecule has 2 aliphatic rings. The van der Waals surface area contributed by atoms with Gasteiger partial charge in [0.15, 0.2) is 4.75 Å². The van der Waals surface area contributed by atoms with E-state index in [4.69, 9.17) is 9.47 Å². The Bertz CT molecular complexity index is 1000. The van der Waals surface area contributed by atoms with Crippen LogP contribution >= 0.6 is 0 Å². The molecule has 1 aromatic rings. The van der Waals surface area contributed by atoms with Gasteiger partial charge in [-0.25, -0.2) is 0 Å². The molecule has 2 fully saturated rings. The molecule has 0 aromatic heterocycles. The number of esters is 1. The van der Waals surface area contributed by atoms with Gasteiger partial charge in [-0.05, 0) is 51.2 Å². The number of ether oxygens (including phenoxy) is 2. The normalized spacial score (nSPS) is 24.5. The average molecular weight is 691 g/mol. The summed E-state index contributed by atoms with van der Waals surface area (Å²) in [5, 5.41) is 21.3. The molecule has 3 rings (SSSR count). The van der Waals surface area contributed by atoms with Gasteiger partial charge in [0.05, 0.1) is 35.2 Å². The van der Waals surface area contributed by atoms with Crippen LogP contribution in [-0.4, -0.2) is 55.7 Å². The molecule has 7 atom stereocenters. The minimum absolute atomic E-state index is 0.0975. The van der Waals surface area contributed by atoms with Gasteiger partial charge in [0.1, 0.15) is 6.10 Å². The zero-order chi connectivity index (χ0) is 34.5. The smallest absolute Gasteiger partial charge is 0.325 e. The van der Waals surface area contributed by atoms with Crippen LogP contribution in [0.25, 0.3) is 0 Å². The predicted molar refractivity (Wildman–Crippen MR) is 198 cm³/mol. The molecule has 2 heterocycles. The molecule has 0 bridgehead atoms. The molecule has 0 saturated carbocycles. The van der Waals surface area contributed by atoms with E-state index in [2.05, 4.69) is 6.92 Å². The van der Waals surface area contributed by atoms with E-state index in [-0.39, 0.29) is 30.4 Å². The minimum atomic E-state index is -1.39. The van der Waals surface area contributed by atoms with Crippen molar-refractivity contribution in [3.63, 3.8) is 0 Å². The van der Waals surface area contributed by atoms with Crippen LogP contribution in [0.5, 0.6) is 0 Å². The van der Waals surface area contributed by atoms with Crippen molar-refractivity contribution >= 4 is 16.8 Å². The van der Waals surface area contributed by atoms with Gasteiger partial charge < -0.3 is 19.7 Å². The Balaban J connectivity index is 1.12. The summed E-state index contributed by atoms with van der Waals surface area (Å²) in [7, 11) is -1.39. The molecule has 2 unspecified atom stereocenters. The van der Waals surface area contributed by atoms with Crippen molar-refractivity contribution in [2.75, 3.05) is 0 Å². The number of benzene rings is 1. The van der Waals surface area contributed by atoms with Crippen LogP contribution < -0.4 is 0 Å². The number of carbonyl (C=O) groups excluding carboxylic acids is 1. The summed E-state index contributed by atoms with van der Waals surface area (Å²) in [5.41, 5.74) is 0. The Hall–Kier alpha value is -1.28. The molecule has 2 N–H and O–H groups in total. The topological polar surface area (TPSA) is 93.1 Å². The van der Waals surface area contributed by atoms with Gasteiger partial charge in [-0.15, -0.1) is 0 Å². The third-order valence-electron chi connectivity index (χ3n) is 10.7. The summed E-state index contributed by atoms with van der Waals surface area (Å²) in [4.78, 5) is 13.5. The molecular formula is C41H70O6S. The monoisotopic (exact) mass is 690 g/mol. The van der Waals surface area contributed by atoms with Crippen molar-refractivity contribution in [1.82, 2.24) is 0 Å². The van der Waals surface area contributed by atoms with E-state index >= 15 is 0 Å². The Morgan fingerprint density at radius 3 is 1.58 bits per heavy atom. The number of hydrogen-bond acceptors (Lipinski definition) is 6. The molecule has 276 valence electrons. The summed E-state index contributed by atoms with van der Waals surface area (Å²) in [6.07, 6.45) is 27.7. The third-order valence-corrected chi connectivity index (χ3v) is 12.7. The van der Waals surface area contributed by atoms with E-state index in [1.54, 1.807) is 0 Å². The fourth-order valence-corrected chi connectivity index (χ4v) is 9.51. The van der Waals surface area contributed by atoms with Crippen molar-refractivity contribution in [1.29, 1.82) is 0 Å². The average Bonchev–Trinajstić information content (AvgIpc) is 3.70. The van der Waals surface area contributed by atoms with Crippen molar-refractivity contribution in [3.8, 4) is 0 Å². The molecule has 0 radical (unpaired) electrons. The van der Waals surface area contributed by atoms with Crippen LogP contribution in [0.3, 0.4) is 0 Å². The van der Waals surface area contributed by atoms with Crippen LogP contribution in [0.2, 0.25) is 0 Å². The molecule has 1 aromatic carbocycles. The largest absolute Gasteiger partial charge is 0.461 e. The van der Waals surface area contributed by atoms with Crippen LogP contribution in [0.4, 0.5) is 0 Å². The highest BCUT2D eigenvalue weighted by molar-refractivity contribution is 7.87. The number of aliphatic hydroxyl groups is 2. The SMILES string of the molecule is CCCCCCCCCC[C@@H](O)[C@H]1CC[C@H]([C@H](O)CCCCCCCCCCCCCCC2(S(=O)c3ccccc3)C[C@H](C)OC2=O)O1. The Kier molecular flexibility index (Phi) is 20.6. The highest BCUT2D eigenvalue weighted by atomic mass is 32.2. The Morgan fingerprint density at radius 2 is 1.15 bits per heavy atom. The fraction of sp³-hybridized carbons (Fsp3) is 0.829. The van der Waals surface area contributed by atoms with E-state index in [1.165, 1.54) is 89.9 Å². The highest BCUT2D eigenvalue weighted by Crippen LogP contribution is 2.39. The predicted octanol–water partition coefficient (Wildman–Crippen LogP) is 10.1. The zero-order valence-corrected chi connectivity index (χ0v) is 31.4. The molecule has 2 aliphatic heterocycles. The first-order valence-corrected chi connectivity index (χ1v) is 21.2. The molecule has 2 saturated heterocycles. The summed E-state index contributed by atoms with van der Waals surface area (Å²) in [6, 6.07) is 9.37. The van der Waals surface area contributed by atoms with Crippen LogP contribution in [0.1, 0.15) is 181 Å². The maximum absolute atomic E-state index is 13.4. The molecule has 48 heavy (non-hydrogen) atoms. The van der Waals surface area contributed by atoms with E-state index in [1.807, 2.05) is 37.3 Å². The van der Waals surface area contributed by atoms with Gasteiger partial charge >= 0.3 is 5.97 Å². The second kappa shape index (κ2) is 24.0. The van der Waals surface area contributed by atoms with Crippen molar-refractivity contribution in [3.05, 3.63) is 30.3 Å².